The molecule has 0 aliphatic carbocycles. The molecule has 2 heterocycles. The lowest BCUT2D eigenvalue weighted by Crippen LogP contribution is -2.48. The summed E-state index contributed by atoms with van der Waals surface area (Å²) in [6.07, 6.45) is 0. The third kappa shape index (κ3) is 4.91. The van der Waals surface area contributed by atoms with E-state index in [0.29, 0.717) is 0 Å². The van der Waals surface area contributed by atoms with Gasteiger partial charge in [-0.3, -0.25) is 14.4 Å². The summed E-state index contributed by atoms with van der Waals surface area (Å²) in [6.45, 7) is 8.93. The van der Waals surface area contributed by atoms with Gasteiger partial charge >= 0.3 is 0 Å². The molecule has 2 aromatic carbocycles. The average Bonchev–Trinajstić information content (AvgIpc) is 3.07. The van der Waals surface area contributed by atoms with E-state index in [9.17, 15) is 4.79 Å². The van der Waals surface area contributed by atoms with Gasteiger partial charge in [-0.1, -0.05) is 35.9 Å². The van der Waals surface area contributed by atoms with Crippen molar-refractivity contribution in [1.82, 2.24) is 19.6 Å². The number of carbonyl (C=O) groups excluding carboxylic acids is 1. The molecule has 0 radical (unpaired) electrons. The van der Waals surface area contributed by atoms with Gasteiger partial charge in [-0.2, -0.15) is 5.10 Å². The van der Waals surface area contributed by atoms with Gasteiger partial charge in [0.25, 0.3) is 5.91 Å². The van der Waals surface area contributed by atoms with Crippen LogP contribution in [0, 0.1) is 13.8 Å². The first-order valence-electron chi connectivity index (χ1n) is 10.3. The first kappa shape index (κ1) is 20.6. The molecule has 0 atom stereocenters. The lowest BCUT2D eigenvalue weighted by molar-refractivity contribution is 0.0628. The molecule has 0 spiro atoms. The predicted molar refractivity (Wildman–Crippen MR) is 120 cm³/mol. The standard InChI is InChI=1S/C24H27ClN4O/c1-18-15-19(2)29(26-18)17-21-3-7-22(8-4-21)24(30)28-13-11-27(12-14-28)16-20-5-9-23(25)10-6-20/h3-10,15H,11-14,16-17H2,1-2H3. The summed E-state index contributed by atoms with van der Waals surface area (Å²) < 4.78 is 1.99. The molecule has 156 valence electrons. The van der Waals surface area contributed by atoms with Crippen molar-refractivity contribution >= 4 is 17.5 Å². The van der Waals surface area contributed by atoms with Gasteiger partial charge in [-0.25, -0.2) is 0 Å². The Labute approximate surface area is 182 Å². The summed E-state index contributed by atoms with van der Waals surface area (Å²) in [5, 5.41) is 5.27. The molecule has 1 saturated heterocycles. The Morgan fingerprint density at radius 1 is 0.900 bits per heavy atom. The van der Waals surface area contributed by atoms with E-state index < -0.39 is 0 Å². The van der Waals surface area contributed by atoms with E-state index in [1.807, 2.05) is 52.9 Å². The molecule has 0 saturated carbocycles. The lowest BCUT2D eigenvalue weighted by atomic mass is 10.1. The predicted octanol–water partition coefficient (Wildman–Crippen LogP) is 4.16. The van der Waals surface area contributed by atoms with Gasteiger partial charge in [-0.15, -0.1) is 0 Å². The van der Waals surface area contributed by atoms with Gasteiger partial charge in [-0.05, 0) is 55.3 Å². The topological polar surface area (TPSA) is 41.4 Å². The van der Waals surface area contributed by atoms with Crippen LogP contribution in [0.4, 0.5) is 0 Å². The van der Waals surface area contributed by atoms with E-state index >= 15 is 0 Å². The van der Waals surface area contributed by atoms with Crippen molar-refractivity contribution < 1.29 is 4.79 Å². The highest BCUT2D eigenvalue weighted by atomic mass is 35.5. The second-order valence-corrected chi connectivity index (χ2v) is 8.41. The number of piperazine rings is 1. The Morgan fingerprint density at radius 2 is 1.50 bits per heavy atom. The fourth-order valence-corrected chi connectivity index (χ4v) is 4.03. The van der Waals surface area contributed by atoms with Crippen molar-refractivity contribution in [3.63, 3.8) is 0 Å². The molecule has 30 heavy (non-hydrogen) atoms. The number of hydrogen-bond donors (Lipinski definition) is 0. The van der Waals surface area contributed by atoms with E-state index in [1.54, 1.807) is 0 Å². The summed E-state index contributed by atoms with van der Waals surface area (Å²) in [6, 6.07) is 18.0. The number of benzene rings is 2. The number of amides is 1. The first-order chi connectivity index (χ1) is 14.5. The molecule has 1 amide bonds. The molecule has 1 fully saturated rings. The smallest absolute Gasteiger partial charge is 0.253 e. The summed E-state index contributed by atoms with van der Waals surface area (Å²) in [5.41, 5.74) is 5.31. The van der Waals surface area contributed by atoms with Gasteiger partial charge in [0.05, 0.1) is 12.2 Å². The molecule has 3 aromatic rings. The Morgan fingerprint density at radius 3 is 2.10 bits per heavy atom. The largest absolute Gasteiger partial charge is 0.336 e. The molecule has 1 aromatic heterocycles. The third-order valence-corrected chi connectivity index (χ3v) is 5.87. The van der Waals surface area contributed by atoms with Crippen LogP contribution in [0.5, 0.6) is 0 Å². The number of hydrogen-bond acceptors (Lipinski definition) is 3. The van der Waals surface area contributed by atoms with Crippen LogP contribution in [0.1, 0.15) is 32.9 Å². The van der Waals surface area contributed by atoms with Crippen LogP contribution in [-0.2, 0) is 13.1 Å². The van der Waals surface area contributed by atoms with Crippen LogP contribution in [0.25, 0.3) is 0 Å². The molecule has 6 heteroatoms. The summed E-state index contributed by atoms with van der Waals surface area (Å²) >= 11 is 5.96. The minimum Gasteiger partial charge on any atom is -0.336 e. The van der Waals surface area contributed by atoms with Crippen LogP contribution >= 0.6 is 11.6 Å². The third-order valence-electron chi connectivity index (χ3n) is 5.62. The molecular formula is C24H27ClN4O. The lowest BCUT2D eigenvalue weighted by Gasteiger charge is -2.34. The minimum absolute atomic E-state index is 0.110. The van der Waals surface area contributed by atoms with Gasteiger partial charge in [0.15, 0.2) is 0 Å². The zero-order valence-electron chi connectivity index (χ0n) is 17.5. The van der Waals surface area contributed by atoms with E-state index in [1.165, 1.54) is 5.56 Å². The van der Waals surface area contributed by atoms with Crippen molar-refractivity contribution in [3.8, 4) is 0 Å². The van der Waals surface area contributed by atoms with Crippen LogP contribution in [0.15, 0.2) is 54.6 Å². The number of carbonyl (C=O) groups is 1. The molecule has 0 N–H and O–H groups in total. The Balaban J connectivity index is 1.31. The van der Waals surface area contributed by atoms with E-state index in [0.717, 1.165) is 66.8 Å². The minimum atomic E-state index is 0.110. The molecule has 0 bridgehead atoms. The Hall–Kier alpha value is -2.63. The summed E-state index contributed by atoms with van der Waals surface area (Å²) in [5.74, 6) is 0.110. The van der Waals surface area contributed by atoms with Crippen molar-refractivity contribution in [2.24, 2.45) is 0 Å². The second kappa shape index (κ2) is 9.02. The number of rotatable bonds is 5. The molecule has 0 unspecified atom stereocenters. The van der Waals surface area contributed by atoms with Crippen molar-refractivity contribution in [3.05, 3.63) is 87.7 Å². The van der Waals surface area contributed by atoms with E-state index in [-0.39, 0.29) is 5.91 Å². The second-order valence-electron chi connectivity index (χ2n) is 7.98. The summed E-state index contributed by atoms with van der Waals surface area (Å²) in [4.78, 5) is 17.2. The van der Waals surface area contributed by atoms with Gasteiger partial charge in [0, 0.05) is 49.0 Å². The van der Waals surface area contributed by atoms with Crippen LogP contribution in [0.3, 0.4) is 0 Å². The average molecular weight is 423 g/mol. The molecule has 4 rings (SSSR count). The number of aryl methyl sites for hydroxylation is 2. The highest BCUT2D eigenvalue weighted by Crippen LogP contribution is 2.15. The highest BCUT2D eigenvalue weighted by Gasteiger charge is 2.22. The Kier molecular flexibility index (Phi) is 6.21. The van der Waals surface area contributed by atoms with E-state index in [4.69, 9.17) is 11.6 Å². The van der Waals surface area contributed by atoms with Gasteiger partial charge in [0.1, 0.15) is 0 Å². The van der Waals surface area contributed by atoms with Crippen molar-refractivity contribution in [1.29, 1.82) is 0 Å². The molecular weight excluding hydrogens is 396 g/mol. The quantitative estimate of drug-likeness (QED) is 0.620. The zero-order chi connectivity index (χ0) is 21.1. The number of nitrogens with zero attached hydrogens (tertiary/aromatic N) is 4. The van der Waals surface area contributed by atoms with Gasteiger partial charge in [0.2, 0.25) is 0 Å². The zero-order valence-corrected chi connectivity index (χ0v) is 18.3. The Bertz CT molecular complexity index is 1000. The normalized spacial score (nSPS) is 14.8. The maximum Gasteiger partial charge on any atom is 0.253 e. The number of aromatic nitrogens is 2. The fraction of sp³-hybridized carbons (Fsp3) is 0.333. The SMILES string of the molecule is Cc1cc(C)n(Cc2ccc(C(=O)N3CCN(Cc4ccc(Cl)cc4)CC3)cc2)n1. The molecule has 1 aliphatic rings. The van der Waals surface area contributed by atoms with Gasteiger partial charge < -0.3 is 4.90 Å². The van der Waals surface area contributed by atoms with Crippen LogP contribution in [-0.4, -0.2) is 51.7 Å². The summed E-state index contributed by atoms with van der Waals surface area (Å²) in [7, 11) is 0. The first-order valence-corrected chi connectivity index (χ1v) is 10.7. The monoisotopic (exact) mass is 422 g/mol. The maximum atomic E-state index is 12.9. The molecule has 5 nitrogen and oxygen atoms in total. The van der Waals surface area contributed by atoms with Crippen LogP contribution < -0.4 is 0 Å². The van der Waals surface area contributed by atoms with E-state index in [2.05, 4.69) is 35.1 Å². The molecule has 1 aliphatic heterocycles. The van der Waals surface area contributed by atoms with Crippen LogP contribution in [0.2, 0.25) is 5.02 Å². The number of halogens is 1. The fourth-order valence-electron chi connectivity index (χ4n) is 3.90. The highest BCUT2D eigenvalue weighted by molar-refractivity contribution is 6.30. The van der Waals surface area contributed by atoms with Crippen molar-refractivity contribution in [2.45, 2.75) is 26.9 Å². The maximum absolute atomic E-state index is 12.9. The van der Waals surface area contributed by atoms with Crippen molar-refractivity contribution in [2.75, 3.05) is 26.2 Å².